The molecule has 2 aromatic carbocycles. The molecule has 0 spiro atoms. The van der Waals surface area contributed by atoms with Crippen LogP contribution in [0, 0.1) is 0 Å². The number of nitrogens with one attached hydrogen (secondary N) is 1. The maximum atomic E-state index is 13.6. The Hall–Kier alpha value is -2.78. The fourth-order valence-electron chi connectivity index (χ4n) is 3.56. The van der Waals surface area contributed by atoms with E-state index in [2.05, 4.69) is 5.32 Å². The van der Waals surface area contributed by atoms with Gasteiger partial charge >= 0.3 is 0 Å². The minimum Gasteiger partial charge on any atom is -0.494 e. The number of anilines is 1. The van der Waals surface area contributed by atoms with E-state index in [4.69, 9.17) is 16.3 Å². The summed E-state index contributed by atoms with van der Waals surface area (Å²) in [7, 11) is -3.79. The van der Waals surface area contributed by atoms with E-state index in [1.54, 1.807) is 48.5 Å². The molecule has 2 aromatic rings. The maximum absolute atomic E-state index is 13.6. The van der Waals surface area contributed by atoms with Gasteiger partial charge in [-0.2, -0.15) is 0 Å². The highest BCUT2D eigenvalue weighted by Crippen LogP contribution is 2.23. The van der Waals surface area contributed by atoms with Crippen LogP contribution in [0.5, 0.6) is 5.75 Å². The summed E-state index contributed by atoms with van der Waals surface area (Å²) in [6.07, 6.45) is 2.18. The second-order valence-electron chi connectivity index (χ2n) is 8.06. The second kappa shape index (κ2) is 13.3. The van der Waals surface area contributed by atoms with Crippen molar-refractivity contribution in [2.45, 2.75) is 46.2 Å². The molecule has 0 bridgehead atoms. The summed E-state index contributed by atoms with van der Waals surface area (Å²) in [5, 5.41) is 3.40. The van der Waals surface area contributed by atoms with Crippen molar-refractivity contribution in [1.82, 2.24) is 10.2 Å². The minimum atomic E-state index is -3.79. The molecular formula is C25H34ClN3O5S. The molecule has 1 unspecified atom stereocenters. The number of hydrogen-bond donors (Lipinski definition) is 1. The van der Waals surface area contributed by atoms with Crippen molar-refractivity contribution in [3.05, 3.63) is 59.1 Å². The van der Waals surface area contributed by atoms with E-state index in [1.807, 2.05) is 20.8 Å². The van der Waals surface area contributed by atoms with Gasteiger partial charge in [-0.15, -0.1) is 0 Å². The Morgan fingerprint density at radius 2 is 1.66 bits per heavy atom. The van der Waals surface area contributed by atoms with Crippen molar-refractivity contribution in [2.75, 3.05) is 30.3 Å². The molecule has 8 nitrogen and oxygen atoms in total. The van der Waals surface area contributed by atoms with Gasteiger partial charge in [0.25, 0.3) is 0 Å². The first kappa shape index (κ1) is 28.5. The lowest BCUT2D eigenvalue weighted by Gasteiger charge is -2.33. The van der Waals surface area contributed by atoms with Gasteiger partial charge in [-0.1, -0.05) is 37.6 Å². The number of benzene rings is 2. The molecule has 0 aliphatic heterocycles. The molecule has 0 aromatic heterocycles. The molecule has 0 fully saturated rings. The Morgan fingerprint density at radius 3 is 2.17 bits per heavy atom. The molecule has 0 saturated carbocycles. The first-order chi connectivity index (χ1) is 16.6. The van der Waals surface area contributed by atoms with E-state index < -0.39 is 28.5 Å². The van der Waals surface area contributed by atoms with Crippen LogP contribution in [0.25, 0.3) is 0 Å². The maximum Gasteiger partial charge on any atom is 0.244 e. The lowest BCUT2D eigenvalue weighted by Crippen LogP contribution is -2.52. The Balaban J connectivity index is 2.38. The molecule has 10 heteroatoms. The topological polar surface area (TPSA) is 96.0 Å². The zero-order chi connectivity index (χ0) is 26.0. The third-order valence-corrected chi connectivity index (χ3v) is 6.71. The number of ether oxygens (including phenoxy) is 1. The molecule has 1 atom stereocenters. The van der Waals surface area contributed by atoms with Gasteiger partial charge in [0, 0.05) is 18.1 Å². The van der Waals surface area contributed by atoms with Crippen LogP contribution in [-0.4, -0.2) is 57.1 Å². The third-order valence-electron chi connectivity index (χ3n) is 5.32. The molecule has 1 N–H and O–H groups in total. The van der Waals surface area contributed by atoms with E-state index in [9.17, 15) is 18.0 Å². The van der Waals surface area contributed by atoms with E-state index >= 15 is 0 Å². The normalized spacial score (nSPS) is 12.0. The molecule has 0 aliphatic carbocycles. The van der Waals surface area contributed by atoms with Crippen LogP contribution in [0.4, 0.5) is 5.69 Å². The molecule has 0 radical (unpaired) electrons. The van der Waals surface area contributed by atoms with Gasteiger partial charge in [0.1, 0.15) is 18.3 Å². The fraction of sp³-hybridized carbons (Fsp3) is 0.440. The van der Waals surface area contributed by atoms with Crippen LogP contribution in [0.15, 0.2) is 48.5 Å². The summed E-state index contributed by atoms with van der Waals surface area (Å²) < 4.78 is 31.7. The standard InChI is InChI=1S/C25H34ClN3O5S/c1-5-16-27-25(31)23(6-2)28(17-19-8-10-20(26)11-9-19)24(30)18-29(35(4,32)33)21-12-14-22(15-13-21)34-7-3/h8-15,23H,5-7,16-18H2,1-4H3,(H,27,31). The van der Waals surface area contributed by atoms with Gasteiger partial charge in [-0.25, -0.2) is 8.42 Å². The van der Waals surface area contributed by atoms with Gasteiger partial charge in [0.05, 0.1) is 18.6 Å². The van der Waals surface area contributed by atoms with Gasteiger partial charge in [0.15, 0.2) is 0 Å². The van der Waals surface area contributed by atoms with Crippen LogP contribution >= 0.6 is 11.6 Å². The summed E-state index contributed by atoms with van der Waals surface area (Å²) in [6.45, 7) is 6.27. The molecular weight excluding hydrogens is 490 g/mol. The van der Waals surface area contributed by atoms with Crippen molar-refractivity contribution in [3.8, 4) is 5.75 Å². The number of nitrogens with zero attached hydrogens (tertiary/aromatic N) is 2. The molecule has 2 amide bonds. The molecule has 2 rings (SSSR count). The summed E-state index contributed by atoms with van der Waals surface area (Å²) in [5.74, 6) is -0.166. The molecule has 192 valence electrons. The monoisotopic (exact) mass is 523 g/mol. The lowest BCUT2D eigenvalue weighted by molar-refractivity contribution is -0.140. The van der Waals surface area contributed by atoms with Crippen molar-refractivity contribution >= 4 is 39.1 Å². The number of carbonyl (C=O) groups is 2. The first-order valence-corrected chi connectivity index (χ1v) is 13.8. The number of amides is 2. The highest BCUT2D eigenvalue weighted by Gasteiger charge is 2.31. The Kier molecular flexibility index (Phi) is 10.9. The average molecular weight is 524 g/mol. The van der Waals surface area contributed by atoms with Crippen molar-refractivity contribution in [2.24, 2.45) is 0 Å². The quantitative estimate of drug-likeness (QED) is 0.430. The Labute approximate surface area is 213 Å². The van der Waals surface area contributed by atoms with Crippen LogP contribution in [-0.2, 0) is 26.2 Å². The van der Waals surface area contributed by atoms with E-state index in [-0.39, 0.29) is 12.5 Å². The van der Waals surface area contributed by atoms with Crippen molar-refractivity contribution < 1.29 is 22.7 Å². The van der Waals surface area contributed by atoms with Crippen LogP contribution in [0.3, 0.4) is 0 Å². The van der Waals surface area contributed by atoms with E-state index in [1.165, 1.54) is 4.90 Å². The number of sulfonamides is 1. The van der Waals surface area contributed by atoms with Gasteiger partial charge in [-0.05, 0) is 61.7 Å². The lowest BCUT2D eigenvalue weighted by atomic mass is 10.1. The highest BCUT2D eigenvalue weighted by atomic mass is 35.5. The minimum absolute atomic E-state index is 0.134. The highest BCUT2D eigenvalue weighted by molar-refractivity contribution is 7.92. The molecule has 0 aliphatic rings. The van der Waals surface area contributed by atoms with E-state index in [0.29, 0.717) is 36.0 Å². The summed E-state index contributed by atoms with van der Waals surface area (Å²) in [4.78, 5) is 27.9. The number of rotatable bonds is 13. The van der Waals surface area contributed by atoms with E-state index in [0.717, 1.165) is 22.5 Å². The Morgan fingerprint density at radius 1 is 1.03 bits per heavy atom. The summed E-state index contributed by atoms with van der Waals surface area (Å²) in [5.41, 5.74) is 1.11. The second-order valence-corrected chi connectivity index (χ2v) is 10.4. The fourth-order valence-corrected chi connectivity index (χ4v) is 4.54. The van der Waals surface area contributed by atoms with Crippen molar-refractivity contribution in [3.63, 3.8) is 0 Å². The summed E-state index contributed by atoms with van der Waals surface area (Å²) >= 11 is 6.00. The van der Waals surface area contributed by atoms with Crippen LogP contribution in [0.2, 0.25) is 5.02 Å². The molecule has 0 heterocycles. The third kappa shape index (κ3) is 8.43. The predicted molar refractivity (Wildman–Crippen MR) is 139 cm³/mol. The zero-order valence-electron chi connectivity index (χ0n) is 20.7. The number of halogens is 1. The predicted octanol–water partition coefficient (Wildman–Crippen LogP) is 3.84. The molecule has 0 saturated heterocycles. The summed E-state index contributed by atoms with van der Waals surface area (Å²) in [6, 6.07) is 12.7. The molecule has 35 heavy (non-hydrogen) atoms. The average Bonchev–Trinajstić information content (AvgIpc) is 2.82. The van der Waals surface area contributed by atoms with Gasteiger partial charge < -0.3 is 15.0 Å². The van der Waals surface area contributed by atoms with Crippen molar-refractivity contribution in [1.29, 1.82) is 0 Å². The smallest absolute Gasteiger partial charge is 0.244 e. The van der Waals surface area contributed by atoms with Crippen LogP contribution < -0.4 is 14.4 Å². The number of carbonyl (C=O) groups excluding carboxylic acids is 2. The Bertz CT molecular complexity index is 1080. The zero-order valence-corrected chi connectivity index (χ0v) is 22.2. The first-order valence-electron chi connectivity index (χ1n) is 11.6. The SMILES string of the molecule is CCCNC(=O)C(CC)N(Cc1ccc(Cl)cc1)C(=O)CN(c1ccc(OCC)cc1)S(C)(=O)=O. The number of hydrogen-bond acceptors (Lipinski definition) is 5. The van der Waals surface area contributed by atoms with Gasteiger partial charge in [-0.3, -0.25) is 13.9 Å². The largest absolute Gasteiger partial charge is 0.494 e. The van der Waals surface area contributed by atoms with Crippen LogP contribution in [0.1, 0.15) is 39.2 Å². The van der Waals surface area contributed by atoms with Gasteiger partial charge in [0.2, 0.25) is 21.8 Å².